The molecule has 0 aliphatic rings. The van der Waals surface area contributed by atoms with E-state index in [0.717, 1.165) is 17.3 Å². The van der Waals surface area contributed by atoms with Gasteiger partial charge in [-0.1, -0.05) is 30.3 Å². The summed E-state index contributed by atoms with van der Waals surface area (Å²) >= 11 is 0. The molecule has 0 atom stereocenters. The Morgan fingerprint density at radius 2 is 1.83 bits per heavy atom. The Labute approximate surface area is 131 Å². The number of hydrazine groups is 1. The molecule has 0 aliphatic carbocycles. The van der Waals surface area contributed by atoms with Crippen LogP contribution in [0, 0.1) is 0 Å². The van der Waals surface area contributed by atoms with Crippen molar-refractivity contribution in [3.63, 3.8) is 0 Å². The number of nitrogens with one attached hydrogen (secondary N) is 2. The minimum atomic E-state index is -1.26. The van der Waals surface area contributed by atoms with Gasteiger partial charge in [0.2, 0.25) is 0 Å². The summed E-state index contributed by atoms with van der Waals surface area (Å²) in [7, 11) is 1.70. The van der Waals surface area contributed by atoms with Crippen molar-refractivity contribution in [2.75, 3.05) is 0 Å². The first kappa shape index (κ1) is 16.0. The second-order valence-corrected chi connectivity index (χ2v) is 4.52. The highest BCUT2D eigenvalue weighted by Crippen LogP contribution is 2.19. The third kappa shape index (κ3) is 4.27. The average Bonchev–Trinajstić information content (AvgIpc) is 2.93. The summed E-state index contributed by atoms with van der Waals surface area (Å²) in [6.07, 6.45) is 1.45. The molecule has 1 heterocycles. The summed E-state index contributed by atoms with van der Waals surface area (Å²) in [5, 5.41) is 12.5. The second-order valence-electron chi connectivity index (χ2n) is 4.52. The summed E-state index contributed by atoms with van der Waals surface area (Å²) in [5.74, 6) is -2.64. The van der Waals surface area contributed by atoms with E-state index < -0.39 is 17.8 Å². The van der Waals surface area contributed by atoms with Gasteiger partial charge in [-0.3, -0.25) is 25.1 Å². The van der Waals surface area contributed by atoms with E-state index in [4.69, 9.17) is 5.11 Å². The summed E-state index contributed by atoms with van der Waals surface area (Å²) < 4.78 is 1.55. The molecule has 8 nitrogen and oxygen atoms in total. The molecule has 118 valence electrons. The van der Waals surface area contributed by atoms with E-state index in [1.165, 1.54) is 0 Å². The second kappa shape index (κ2) is 7.03. The van der Waals surface area contributed by atoms with Crippen LogP contribution in [0.2, 0.25) is 0 Å². The zero-order valence-corrected chi connectivity index (χ0v) is 12.2. The van der Waals surface area contributed by atoms with E-state index in [9.17, 15) is 14.4 Å². The van der Waals surface area contributed by atoms with E-state index in [2.05, 4.69) is 16.0 Å². The van der Waals surface area contributed by atoms with Crippen LogP contribution in [0.5, 0.6) is 0 Å². The zero-order valence-electron chi connectivity index (χ0n) is 12.2. The zero-order chi connectivity index (χ0) is 16.8. The minimum Gasteiger partial charge on any atom is -0.478 e. The fourth-order valence-electron chi connectivity index (χ4n) is 1.83. The van der Waals surface area contributed by atoms with Crippen LogP contribution in [0.15, 0.2) is 48.6 Å². The molecular formula is C15H14N4O4. The van der Waals surface area contributed by atoms with Gasteiger partial charge in [-0.25, -0.2) is 4.79 Å². The maximum atomic E-state index is 11.9. The molecule has 2 aromatic rings. The number of aromatic nitrogens is 2. The smallest absolute Gasteiger partial charge is 0.328 e. The van der Waals surface area contributed by atoms with Crippen molar-refractivity contribution >= 4 is 17.8 Å². The van der Waals surface area contributed by atoms with Gasteiger partial charge < -0.3 is 5.11 Å². The predicted octanol–water partition coefficient (Wildman–Crippen LogP) is 0.489. The molecule has 2 amide bonds. The quantitative estimate of drug-likeness (QED) is 0.561. The number of benzene rings is 1. The highest BCUT2D eigenvalue weighted by Gasteiger charge is 2.14. The van der Waals surface area contributed by atoms with Gasteiger partial charge in [-0.05, 0) is 11.6 Å². The normalized spacial score (nSPS) is 10.5. The number of carbonyl (C=O) groups excluding carboxylic acids is 2. The van der Waals surface area contributed by atoms with E-state index >= 15 is 0 Å². The number of carboxylic acids is 1. The molecule has 0 bridgehead atoms. The standard InChI is InChI=1S/C15H14N4O4/c1-19-12(10-5-3-2-4-6-10)9-11(18-19)15(23)17-16-13(20)7-8-14(21)22/h2-9H,1H3,(H,16,20)(H,17,23)(H,21,22)/b8-7+. The summed E-state index contributed by atoms with van der Waals surface area (Å²) in [5.41, 5.74) is 5.98. The summed E-state index contributed by atoms with van der Waals surface area (Å²) in [6.45, 7) is 0. The number of rotatable bonds is 4. The fourth-order valence-corrected chi connectivity index (χ4v) is 1.83. The third-order valence-corrected chi connectivity index (χ3v) is 2.86. The van der Waals surface area contributed by atoms with Crippen LogP contribution in [0.3, 0.4) is 0 Å². The number of aliphatic carboxylic acids is 1. The molecular weight excluding hydrogens is 300 g/mol. The van der Waals surface area contributed by atoms with Crippen LogP contribution >= 0.6 is 0 Å². The van der Waals surface area contributed by atoms with Gasteiger partial charge in [0.25, 0.3) is 11.8 Å². The van der Waals surface area contributed by atoms with Crippen LogP contribution in [0.1, 0.15) is 10.5 Å². The third-order valence-electron chi connectivity index (χ3n) is 2.86. The van der Waals surface area contributed by atoms with Crippen molar-refractivity contribution < 1.29 is 19.5 Å². The predicted molar refractivity (Wildman–Crippen MR) is 81.0 cm³/mol. The fraction of sp³-hybridized carbons (Fsp3) is 0.0667. The van der Waals surface area contributed by atoms with Crippen molar-refractivity contribution in [2.45, 2.75) is 0 Å². The molecule has 0 fully saturated rings. The SMILES string of the molecule is Cn1nc(C(=O)NNC(=O)/C=C/C(=O)O)cc1-c1ccccc1. The maximum Gasteiger partial charge on any atom is 0.328 e. The van der Waals surface area contributed by atoms with Crippen LogP contribution in [0.25, 0.3) is 11.3 Å². The van der Waals surface area contributed by atoms with Gasteiger partial charge >= 0.3 is 5.97 Å². The molecule has 1 aromatic heterocycles. The van der Waals surface area contributed by atoms with Gasteiger partial charge in [0.15, 0.2) is 5.69 Å². The number of carboxylic acid groups (broad SMARTS) is 1. The number of hydrogen-bond donors (Lipinski definition) is 3. The Hall–Kier alpha value is -3.42. The largest absolute Gasteiger partial charge is 0.478 e. The van der Waals surface area contributed by atoms with Gasteiger partial charge in [0.1, 0.15) is 0 Å². The Kier molecular flexibility index (Phi) is 4.88. The van der Waals surface area contributed by atoms with Crippen LogP contribution in [0.4, 0.5) is 0 Å². The molecule has 0 saturated carbocycles. The lowest BCUT2D eigenvalue weighted by Crippen LogP contribution is -2.41. The number of aryl methyl sites for hydroxylation is 1. The highest BCUT2D eigenvalue weighted by molar-refractivity contribution is 5.98. The van der Waals surface area contributed by atoms with Crippen LogP contribution < -0.4 is 10.9 Å². The van der Waals surface area contributed by atoms with Crippen molar-refractivity contribution in [3.8, 4) is 11.3 Å². The van der Waals surface area contributed by atoms with E-state index in [0.29, 0.717) is 6.08 Å². The number of amides is 2. The van der Waals surface area contributed by atoms with Crippen LogP contribution in [-0.4, -0.2) is 32.7 Å². The van der Waals surface area contributed by atoms with Crippen LogP contribution in [-0.2, 0) is 16.6 Å². The Bertz CT molecular complexity index is 765. The number of nitrogens with zero attached hydrogens (tertiary/aromatic N) is 2. The lowest BCUT2D eigenvalue weighted by Gasteiger charge is -2.02. The van der Waals surface area contributed by atoms with E-state index in [1.54, 1.807) is 17.8 Å². The van der Waals surface area contributed by atoms with Gasteiger partial charge in [-0.2, -0.15) is 5.10 Å². The Morgan fingerprint density at radius 1 is 1.13 bits per heavy atom. The van der Waals surface area contributed by atoms with Crippen molar-refractivity contribution in [3.05, 3.63) is 54.2 Å². The molecule has 0 spiro atoms. The molecule has 0 unspecified atom stereocenters. The first-order valence-electron chi connectivity index (χ1n) is 6.58. The van der Waals surface area contributed by atoms with Gasteiger partial charge in [-0.15, -0.1) is 0 Å². The first-order valence-corrected chi connectivity index (χ1v) is 6.58. The average molecular weight is 314 g/mol. The lowest BCUT2D eigenvalue weighted by atomic mass is 10.1. The number of carbonyl (C=O) groups is 3. The van der Waals surface area contributed by atoms with Crippen molar-refractivity contribution in [2.24, 2.45) is 7.05 Å². The molecule has 8 heteroatoms. The first-order chi connectivity index (χ1) is 11.0. The maximum absolute atomic E-state index is 11.9. The van der Waals surface area contributed by atoms with Crippen molar-refractivity contribution in [1.82, 2.24) is 20.6 Å². The summed E-state index contributed by atoms with van der Waals surface area (Å²) in [6, 6.07) is 11.0. The van der Waals surface area contributed by atoms with E-state index in [1.807, 2.05) is 30.3 Å². The molecule has 3 N–H and O–H groups in total. The van der Waals surface area contributed by atoms with Gasteiger partial charge in [0.05, 0.1) is 5.69 Å². The Morgan fingerprint density at radius 3 is 2.48 bits per heavy atom. The monoisotopic (exact) mass is 314 g/mol. The topological polar surface area (TPSA) is 113 Å². The molecule has 0 radical (unpaired) electrons. The Balaban J connectivity index is 2.04. The number of hydrogen-bond acceptors (Lipinski definition) is 4. The molecule has 2 rings (SSSR count). The molecule has 1 aromatic carbocycles. The minimum absolute atomic E-state index is 0.119. The van der Waals surface area contributed by atoms with Gasteiger partial charge in [0, 0.05) is 19.2 Å². The lowest BCUT2D eigenvalue weighted by molar-refractivity contribution is -0.131. The molecule has 23 heavy (non-hydrogen) atoms. The highest BCUT2D eigenvalue weighted by atomic mass is 16.4. The summed E-state index contributed by atoms with van der Waals surface area (Å²) in [4.78, 5) is 33.5. The molecule has 0 saturated heterocycles. The molecule has 0 aliphatic heterocycles. The van der Waals surface area contributed by atoms with E-state index in [-0.39, 0.29) is 5.69 Å². The van der Waals surface area contributed by atoms with Crippen molar-refractivity contribution in [1.29, 1.82) is 0 Å².